The summed E-state index contributed by atoms with van der Waals surface area (Å²) in [6, 6.07) is 9.13. The second-order valence-corrected chi connectivity index (χ2v) is 8.15. The predicted octanol–water partition coefficient (Wildman–Crippen LogP) is 2.76. The van der Waals surface area contributed by atoms with Crippen LogP contribution in [0, 0.1) is 5.82 Å². The number of rotatable bonds is 4. The van der Waals surface area contributed by atoms with Gasteiger partial charge in [0.1, 0.15) is 16.9 Å². The van der Waals surface area contributed by atoms with Crippen molar-refractivity contribution >= 4 is 28.7 Å². The van der Waals surface area contributed by atoms with Crippen molar-refractivity contribution in [2.75, 3.05) is 33.3 Å². The number of methoxy groups -OCH3 is 1. The Labute approximate surface area is 195 Å². The summed E-state index contributed by atoms with van der Waals surface area (Å²) >= 11 is 0. The number of fused-ring (bicyclic) bond motifs is 1. The molecular formula is C25H24FN3O5. The molecule has 8 nitrogen and oxygen atoms in total. The quantitative estimate of drug-likeness (QED) is 0.595. The summed E-state index contributed by atoms with van der Waals surface area (Å²) in [5.74, 6) is -1.87. The maximum atomic E-state index is 13.5. The number of carbonyl (C=O) groups excluding carboxylic acids is 3. The molecule has 0 aliphatic carbocycles. The molecule has 2 heterocycles. The van der Waals surface area contributed by atoms with Crippen LogP contribution in [0.1, 0.15) is 38.8 Å². The minimum atomic E-state index is -0.785. The number of benzene rings is 2. The minimum Gasteiger partial charge on any atom is -0.505 e. The van der Waals surface area contributed by atoms with E-state index in [1.807, 2.05) is 0 Å². The SMILES string of the molecule is COC(=O)c1cc(C(=O)N2CCN(C(C)=O)CC2)c2cc(Cc3ccc(F)cc3)cnc2c1O. The molecule has 2 aromatic carbocycles. The number of aromatic hydroxyl groups is 1. The minimum absolute atomic E-state index is 0.0511. The standard InChI is InChI=1S/C25H24FN3O5/c1-15(30)28-7-9-29(10-8-28)24(32)20-13-21(25(33)34-2)23(31)22-19(20)12-17(14-27-22)11-16-3-5-18(26)6-4-16/h3-6,12-14,31H,7-11H2,1-2H3. The molecule has 176 valence electrons. The van der Waals surface area contributed by atoms with Crippen molar-refractivity contribution in [1.82, 2.24) is 14.8 Å². The maximum Gasteiger partial charge on any atom is 0.341 e. The lowest BCUT2D eigenvalue weighted by atomic mass is 9.98. The van der Waals surface area contributed by atoms with E-state index in [4.69, 9.17) is 4.74 Å². The molecule has 1 aliphatic heterocycles. The Kier molecular flexibility index (Phi) is 6.45. The Morgan fingerprint density at radius 2 is 1.65 bits per heavy atom. The van der Waals surface area contributed by atoms with E-state index in [1.165, 1.54) is 32.2 Å². The monoisotopic (exact) mass is 465 g/mol. The van der Waals surface area contributed by atoms with E-state index in [1.54, 1.807) is 34.2 Å². The number of amides is 2. The summed E-state index contributed by atoms with van der Waals surface area (Å²) in [6.45, 7) is 3.00. The molecule has 4 rings (SSSR count). The molecule has 1 aliphatic rings. The molecule has 0 atom stereocenters. The van der Waals surface area contributed by atoms with E-state index in [9.17, 15) is 23.9 Å². The van der Waals surface area contributed by atoms with Gasteiger partial charge in [-0.05, 0) is 41.8 Å². The van der Waals surface area contributed by atoms with Gasteiger partial charge in [-0.1, -0.05) is 12.1 Å². The van der Waals surface area contributed by atoms with Crippen LogP contribution in [0.5, 0.6) is 5.75 Å². The third-order valence-electron chi connectivity index (χ3n) is 5.97. The number of esters is 1. The molecule has 1 N–H and O–H groups in total. The van der Waals surface area contributed by atoms with Gasteiger partial charge in [-0.15, -0.1) is 0 Å². The third-order valence-corrected chi connectivity index (χ3v) is 5.97. The first-order chi connectivity index (χ1) is 16.3. The zero-order valence-corrected chi connectivity index (χ0v) is 18.9. The van der Waals surface area contributed by atoms with Crippen molar-refractivity contribution < 1.29 is 28.6 Å². The highest BCUT2D eigenvalue weighted by atomic mass is 19.1. The predicted molar refractivity (Wildman–Crippen MR) is 122 cm³/mol. The largest absolute Gasteiger partial charge is 0.505 e. The molecule has 0 unspecified atom stereocenters. The normalized spacial score (nSPS) is 13.7. The summed E-state index contributed by atoms with van der Waals surface area (Å²) in [5, 5.41) is 11.1. The molecule has 1 aromatic heterocycles. The van der Waals surface area contributed by atoms with Gasteiger partial charge >= 0.3 is 5.97 Å². The average molecular weight is 465 g/mol. The first kappa shape index (κ1) is 23.2. The van der Waals surface area contributed by atoms with E-state index < -0.39 is 5.97 Å². The highest BCUT2D eigenvalue weighted by molar-refractivity contribution is 6.11. The van der Waals surface area contributed by atoms with Gasteiger partial charge in [0.2, 0.25) is 5.91 Å². The topological polar surface area (TPSA) is 100 Å². The zero-order valence-electron chi connectivity index (χ0n) is 18.9. The van der Waals surface area contributed by atoms with Crippen LogP contribution in [0.15, 0.2) is 42.6 Å². The van der Waals surface area contributed by atoms with Gasteiger partial charge < -0.3 is 19.6 Å². The second kappa shape index (κ2) is 9.46. The Hall–Kier alpha value is -4.01. The number of nitrogens with zero attached hydrogens (tertiary/aromatic N) is 3. The molecule has 3 aromatic rings. The highest BCUT2D eigenvalue weighted by Crippen LogP contribution is 2.33. The lowest BCUT2D eigenvalue weighted by molar-refractivity contribution is -0.130. The molecule has 0 bridgehead atoms. The van der Waals surface area contributed by atoms with Gasteiger partial charge in [0.15, 0.2) is 5.75 Å². The van der Waals surface area contributed by atoms with Gasteiger partial charge in [0, 0.05) is 44.7 Å². The number of phenolic OH excluding ortho intramolecular Hbond substituents is 1. The number of piperazine rings is 1. The summed E-state index contributed by atoms with van der Waals surface area (Å²) in [6.07, 6.45) is 1.99. The fourth-order valence-corrected chi connectivity index (χ4v) is 4.09. The zero-order chi connectivity index (χ0) is 24.4. The van der Waals surface area contributed by atoms with Crippen molar-refractivity contribution in [1.29, 1.82) is 0 Å². The summed E-state index contributed by atoms with van der Waals surface area (Å²) in [7, 11) is 1.19. The molecule has 0 saturated carbocycles. The molecule has 1 saturated heterocycles. The van der Waals surface area contributed by atoms with E-state index in [-0.39, 0.29) is 40.0 Å². The van der Waals surface area contributed by atoms with Crippen molar-refractivity contribution in [2.24, 2.45) is 0 Å². The number of halogens is 1. The van der Waals surface area contributed by atoms with Crippen LogP contribution < -0.4 is 0 Å². The molecule has 2 amide bonds. The molecule has 9 heteroatoms. The van der Waals surface area contributed by atoms with E-state index >= 15 is 0 Å². The summed E-state index contributed by atoms with van der Waals surface area (Å²) in [4.78, 5) is 45.0. The van der Waals surface area contributed by atoms with Gasteiger partial charge in [0.25, 0.3) is 5.91 Å². The van der Waals surface area contributed by atoms with Gasteiger partial charge in [0.05, 0.1) is 12.7 Å². The number of hydrogen-bond acceptors (Lipinski definition) is 6. The molecular weight excluding hydrogens is 441 g/mol. The average Bonchev–Trinajstić information content (AvgIpc) is 2.85. The Morgan fingerprint density at radius 3 is 2.26 bits per heavy atom. The fourth-order valence-electron chi connectivity index (χ4n) is 4.09. The molecule has 34 heavy (non-hydrogen) atoms. The highest BCUT2D eigenvalue weighted by Gasteiger charge is 2.28. The molecule has 0 radical (unpaired) electrons. The first-order valence-corrected chi connectivity index (χ1v) is 10.8. The Bertz CT molecular complexity index is 1270. The van der Waals surface area contributed by atoms with Crippen LogP contribution in [-0.4, -0.2) is 71.0 Å². The summed E-state index contributed by atoms with van der Waals surface area (Å²) < 4.78 is 18.0. The Morgan fingerprint density at radius 1 is 1.00 bits per heavy atom. The van der Waals surface area contributed by atoms with Gasteiger partial charge in [-0.25, -0.2) is 9.18 Å². The van der Waals surface area contributed by atoms with E-state index in [0.717, 1.165) is 11.1 Å². The van der Waals surface area contributed by atoms with Crippen LogP contribution in [0.4, 0.5) is 4.39 Å². The van der Waals surface area contributed by atoms with Crippen LogP contribution >= 0.6 is 0 Å². The number of ether oxygens (including phenoxy) is 1. The maximum absolute atomic E-state index is 13.5. The first-order valence-electron chi connectivity index (χ1n) is 10.8. The second-order valence-electron chi connectivity index (χ2n) is 8.15. The van der Waals surface area contributed by atoms with Crippen molar-refractivity contribution in [3.63, 3.8) is 0 Å². The van der Waals surface area contributed by atoms with Crippen molar-refractivity contribution in [3.8, 4) is 5.75 Å². The number of phenols is 1. The van der Waals surface area contributed by atoms with Crippen molar-refractivity contribution in [3.05, 3.63) is 70.7 Å². The van der Waals surface area contributed by atoms with Gasteiger partial charge in [-0.2, -0.15) is 0 Å². The van der Waals surface area contributed by atoms with Crippen LogP contribution in [0.25, 0.3) is 10.9 Å². The van der Waals surface area contributed by atoms with Crippen molar-refractivity contribution in [2.45, 2.75) is 13.3 Å². The van der Waals surface area contributed by atoms with E-state index in [0.29, 0.717) is 38.0 Å². The number of pyridine rings is 1. The lowest BCUT2D eigenvalue weighted by Crippen LogP contribution is -2.50. The van der Waals surface area contributed by atoms with Crippen LogP contribution in [0.2, 0.25) is 0 Å². The molecule has 0 spiro atoms. The third kappa shape index (κ3) is 4.54. The summed E-state index contributed by atoms with van der Waals surface area (Å²) in [5.41, 5.74) is 1.76. The fraction of sp³-hybridized carbons (Fsp3) is 0.280. The van der Waals surface area contributed by atoms with Crippen LogP contribution in [-0.2, 0) is 16.0 Å². The van der Waals surface area contributed by atoms with E-state index in [2.05, 4.69) is 4.98 Å². The van der Waals surface area contributed by atoms with Gasteiger partial charge in [-0.3, -0.25) is 14.6 Å². The molecule has 1 fully saturated rings. The Balaban J connectivity index is 1.76. The number of aromatic nitrogens is 1. The number of carbonyl (C=O) groups is 3. The van der Waals surface area contributed by atoms with Crippen LogP contribution in [0.3, 0.4) is 0 Å². The lowest BCUT2D eigenvalue weighted by Gasteiger charge is -2.34. The number of hydrogen-bond donors (Lipinski definition) is 1. The smallest absolute Gasteiger partial charge is 0.341 e.